The van der Waals surface area contributed by atoms with Gasteiger partial charge in [-0.2, -0.15) is 0 Å². The van der Waals surface area contributed by atoms with Crippen molar-refractivity contribution in [2.45, 2.75) is 13.8 Å². The number of hydrogen-bond acceptors (Lipinski definition) is 1. The van der Waals surface area contributed by atoms with Gasteiger partial charge in [-0.3, -0.25) is 4.79 Å². The number of ketones is 1. The fourth-order valence-electron chi connectivity index (χ4n) is 2.59. The lowest BCUT2D eigenvalue weighted by Crippen LogP contribution is -2.05. The molecule has 0 amide bonds. The highest BCUT2D eigenvalue weighted by Crippen LogP contribution is 2.24. The van der Waals surface area contributed by atoms with E-state index in [-0.39, 0.29) is 11.6 Å². The molecule has 0 saturated heterocycles. The van der Waals surface area contributed by atoms with E-state index in [0.29, 0.717) is 16.5 Å². The van der Waals surface area contributed by atoms with Gasteiger partial charge in [-0.25, -0.2) is 4.39 Å². The van der Waals surface area contributed by atoms with Gasteiger partial charge >= 0.3 is 0 Å². The molecule has 0 aliphatic heterocycles. The van der Waals surface area contributed by atoms with E-state index in [0.717, 1.165) is 16.6 Å². The van der Waals surface area contributed by atoms with E-state index >= 15 is 0 Å². The van der Waals surface area contributed by atoms with Crippen LogP contribution in [0.15, 0.2) is 42.6 Å². The second-order valence-electron chi connectivity index (χ2n) is 4.99. The maximum absolute atomic E-state index is 13.4. The molecule has 1 heterocycles. The third-order valence-electron chi connectivity index (χ3n) is 3.60. The molecule has 2 aromatic carbocycles. The van der Waals surface area contributed by atoms with Gasteiger partial charge in [0.05, 0.1) is 0 Å². The van der Waals surface area contributed by atoms with Crippen LogP contribution in [0.1, 0.15) is 27.0 Å². The van der Waals surface area contributed by atoms with Gasteiger partial charge in [0, 0.05) is 28.2 Å². The minimum Gasteiger partial charge on any atom is -0.360 e. The molecule has 0 fully saturated rings. The number of nitrogens with one attached hydrogen (secondary N) is 1. The SMILES string of the molecule is Cc1cccc(C)c1C(=O)c1c[nH]c2ccc(F)cc12. The molecule has 0 unspecified atom stereocenters. The Hall–Kier alpha value is -2.42. The Bertz CT molecular complexity index is 797. The maximum Gasteiger partial charge on any atom is 0.195 e. The van der Waals surface area contributed by atoms with Crippen LogP contribution < -0.4 is 0 Å². The summed E-state index contributed by atoms with van der Waals surface area (Å²) in [5, 5.41) is 0.623. The summed E-state index contributed by atoms with van der Waals surface area (Å²) in [4.78, 5) is 15.7. The summed E-state index contributed by atoms with van der Waals surface area (Å²) >= 11 is 0. The molecule has 20 heavy (non-hydrogen) atoms. The standard InChI is InChI=1S/C17H14FNO/c1-10-4-3-5-11(2)16(10)17(20)14-9-19-15-7-6-12(18)8-13(14)15/h3-9,19H,1-2H3. The molecule has 1 aromatic heterocycles. The van der Waals surface area contributed by atoms with E-state index in [9.17, 15) is 9.18 Å². The van der Waals surface area contributed by atoms with Crippen molar-refractivity contribution >= 4 is 16.7 Å². The number of aromatic nitrogens is 1. The molecule has 0 spiro atoms. The molecule has 0 aliphatic rings. The van der Waals surface area contributed by atoms with Crippen LogP contribution in [0.2, 0.25) is 0 Å². The molecule has 0 atom stereocenters. The van der Waals surface area contributed by atoms with Gasteiger partial charge in [-0.1, -0.05) is 18.2 Å². The zero-order chi connectivity index (χ0) is 14.3. The Labute approximate surface area is 116 Å². The van der Waals surface area contributed by atoms with E-state index in [4.69, 9.17) is 0 Å². The zero-order valence-corrected chi connectivity index (χ0v) is 11.3. The Morgan fingerprint density at radius 2 is 1.80 bits per heavy atom. The number of benzene rings is 2. The Balaban J connectivity index is 2.21. The number of halogens is 1. The average molecular weight is 267 g/mol. The molecular weight excluding hydrogens is 253 g/mol. The first-order chi connectivity index (χ1) is 9.58. The second-order valence-corrected chi connectivity index (χ2v) is 4.99. The predicted octanol–water partition coefficient (Wildman–Crippen LogP) is 4.15. The lowest BCUT2D eigenvalue weighted by molar-refractivity contribution is 0.103. The molecular formula is C17H14FNO. The zero-order valence-electron chi connectivity index (χ0n) is 11.3. The Kier molecular flexibility index (Phi) is 2.90. The van der Waals surface area contributed by atoms with Gasteiger partial charge in [0.2, 0.25) is 0 Å². The highest BCUT2D eigenvalue weighted by Gasteiger charge is 2.18. The number of carbonyl (C=O) groups is 1. The summed E-state index contributed by atoms with van der Waals surface area (Å²) in [5.74, 6) is -0.412. The summed E-state index contributed by atoms with van der Waals surface area (Å²) in [6.45, 7) is 3.82. The molecule has 3 rings (SSSR count). The molecule has 2 nitrogen and oxygen atoms in total. The largest absolute Gasteiger partial charge is 0.360 e. The minimum absolute atomic E-state index is 0.0718. The number of aromatic amines is 1. The maximum atomic E-state index is 13.4. The first-order valence-corrected chi connectivity index (χ1v) is 6.45. The summed E-state index contributed by atoms with van der Waals surface area (Å²) in [6.07, 6.45) is 1.65. The van der Waals surface area contributed by atoms with E-state index in [2.05, 4.69) is 4.98 Å². The monoisotopic (exact) mass is 267 g/mol. The van der Waals surface area contributed by atoms with E-state index in [1.54, 1.807) is 12.3 Å². The summed E-state index contributed by atoms with van der Waals surface area (Å²) < 4.78 is 13.4. The molecule has 0 saturated carbocycles. The molecule has 0 bridgehead atoms. The molecule has 3 aromatic rings. The highest BCUT2D eigenvalue weighted by atomic mass is 19.1. The lowest BCUT2D eigenvalue weighted by atomic mass is 9.95. The van der Waals surface area contributed by atoms with E-state index in [1.807, 2.05) is 32.0 Å². The van der Waals surface area contributed by atoms with Crippen LogP contribution in [0.25, 0.3) is 10.9 Å². The lowest BCUT2D eigenvalue weighted by Gasteiger charge is -2.07. The second kappa shape index (κ2) is 4.60. The molecule has 100 valence electrons. The third-order valence-corrected chi connectivity index (χ3v) is 3.60. The van der Waals surface area contributed by atoms with E-state index < -0.39 is 0 Å². The topological polar surface area (TPSA) is 32.9 Å². The van der Waals surface area contributed by atoms with Crippen molar-refractivity contribution in [3.05, 3.63) is 70.7 Å². The fraction of sp³-hybridized carbons (Fsp3) is 0.118. The highest BCUT2D eigenvalue weighted by molar-refractivity contribution is 6.17. The summed E-state index contributed by atoms with van der Waals surface area (Å²) in [6, 6.07) is 10.2. The predicted molar refractivity (Wildman–Crippen MR) is 77.6 cm³/mol. The normalized spacial score (nSPS) is 10.9. The van der Waals surface area contributed by atoms with Crippen molar-refractivity contribution in [2.24, 2.45) is 0 Å². The fourth-order valence-corrected chi connectivity index (χ4v) is 2.59. The van der Waals surface area contributed by atoms with Crippen molar-refractivity contribution in [3.8, 4) is 0 Å². The molecule has 1 N–H and O–H groups in total. The van der Waals surface area contributed by atoms with E-state index in [1.165, 1.54) is 12.1 Å². The van der Waals surface area contributed by atoms with Gasteiger partial charge in [-0.05, 0) is 43.2 Å². The van der Waals surface area contributed by atoms with Crippen LogP contribution in [0, 0.1) is 19.7 Å². The first kappa shape index (κ1) is 12.6. The third kappa shape index (κ3) is 1.92. The molecule has 3 heteroatoms. The number of H-pyrrole nitrogens is 1. The van der Waals surface area contributed by atoms with Gasteiger partial charge < -0.3 is 4.98 Å². The number of fused-ring (bicyclic) bond motifs is 1. The van der Waals surface area contributed by atoms with Gasteiger partial charge in [-0.15, -0.1) is 0 Å². The van der Waals surface area contributed by atoms with Gasteiger partial charge in [0.15, 0.2) is 5.78 Å². The number of aryl methyl sites for hydroxylation is 2. The molecule has 0 radical (unpaired) electrons. The number of rotatable bonds is 2. The summed E-state index contributed by atoms with van der Waals surface area (Å²) in [7, 11) is 0. The van der Waals surface area contributed by atoms with Crippen molar-refractivity contribution in [3.63, 3.8) is 0 Å². The molecule has 0 aliphatic carbocycles. The van der Waals surface area contributed by atoms with Crippen LogP contribution in [0.3, 0.4) is 0 Å². The Morgan fingerprint density at radius 1 is 1.10 bits per heavy atom. The van der Waals surface area contributed by atoms with Crippen molar-refractivity contribution in [1.29, 1.82) is 0 Å². The van der Waals surface area contributed by atoms with Crippen LogP contribution in [-0.4, -0.2) is 10.8 Å². The Morgan fingerprint density at radius 3 is 2.50 bits per heavy atom. The smallest absolute Gasteiger partial charge is 0.195 e. The van der Waals surface area contributed by atoms with Crippen molar-refractivity contribution in [1.82, 2.24) is 4.98 Å². The average Bonchev–Trinajstić information content (AvgIpc) is 2.81. The van der Waals surface area contributed by atoms with Crippen LogP contribution in [0.5, 0.6) is 0 Å². The number of hydrogen-bond donors (Lipinski definition) is 1. The quantitative estimate of drug-likeness (QED) is 0.695. The van der Waals surface area contributed by atoms with Crippen LogP contribution in [0.4, 0.5) is 4.39 Å². The van der Waals surface area contributed by atoms with Crippen LogP contribution >= 0.6 is 0 Å². The minimum atomic E-state index is -0.340. The van der Waals surface area contributed by atoms with Gasteiger partial charge in [0.1, 0.15) is 5.82 Å². The first-order valence-electron chi connectivity index (χ1n) is 6.45. The van der Waals surface area contributed by atoms with Crippen molar-refractivity contribution in [2.75, 3.05) is 0 Å². The van der Waals surface area contributed by atoms with Crippen LogP contribution in [-0.2, 0) is 0 Å². The summed E-state index contributed by atoms with van der Waals surface area (Å²) in [5.41, 5.74) is 3.83. The van der Waals surface area contributed by atoms with Gasteiger partial charge in [0.25, 0.3) is 0 Å². The van der Waals surface area contributed by atoms with Crippen molar-refractivity contribution < 1.29 is 9.18 Å². The number of carbonyl (C=O) groups excluding carboxylic acids is 1.